The fourth-order valence-electron chi connectivity index (χ4n) is 1.72. The second-order valence-electron chi connectivity index (χ2n) is 4.16. The lowest BCUT2D eigenvalue weighted by atomic mass is 10.3. The predicted octanol–water partition coefficient (Wildman–Crippen LogP) is 0.744. The van der Waals surface area contributed by atoms with Crippen LogP contribution in [0.2, 0.25) is 0 Å². The summed E-state index contributed by atoms with van der Waals surface area (Å²) < 4.78 is 27.3. The van der Waals surface area contributed by atoms with E-state index in [0.29, 0.717) is 31.7 Å². The van der Waals surface area contributed by atoms with Crippen LogP contribution in [0.3, 0.4) is 0 Å². The van der Waals surface area contributed by atoms with Crippen LogP contribution in [0.25, 0.3) is 0 Å². The lowest BCUT2D eigenvalue weighted by Crippen LogP contribution is -2.42. The molecule has 3 N–H and O–H groups in total. The molecule has 108 valence electrons. The first-order chi connectivity index (χ1) is 8.93. The van der Waals surface area contributed by atoms with Gasteiger partial charge in [0.1, 0.15) is 5.75 Å². The van der Waals surface area contributed by atoms with E-state index >= 15 is 0 Å². The van der Waals surface area contributed by atoms with Crippen LogP contribution in [0.15, 0.2) is 24.3 Å². The van der Waals surface area contributed by atoms with E-state index in [1.54, 1.807) is 19.1 Å². The molecule has 0 aromatic heterocycles. The van der Waals surface area contributed by atoms with Crippen LogP contribution in [0, 0.1) is 0 Å². The predicted molar refractivity (Wildman–Crippen MR) is 76.3 cm³/mol. The largest absolute Gasteiger partial charge is 0.508 e. The number of nitrogens with zero attached hydrogens (tertiary/aromatic N) is 2. The smallest absolute Gasteiger partial charge is 0.303 e. The van der Waals surface area contributed by atoms with Crippen molar-refractivity contribution >= 4 is 15.9 Å². The van der Waals surface area contributed by atoms with Crippen molar-refractivity contribution in [1.82, 2.24) is 4.31 Å². The summed E-state index contributed by atoms with van der Waals surface area (Å²) in [5, 5.41) is 9.45. The van der Waals surface area contributed by atoms with Gasteiger partial charge in [-0.05, 0) is 32.0 Å². The number of nitrogens with two attached hydrogens (primary N) is 1. The summed E-state index contributed by atoms with van der Waals surface area (Å²) in [7, 11) is -2.07. The first-order valence-corrected chi connectivity index (χ1v) is 7.56. The fourth-order valence-corrected chi connectivity index (χ4v) is 3.13. The van der Waals surface area contributed by atoms with Crippen LogP contribution < -0.4 is 10.0 Å². The molecule has 0 amide bonds. The summed E-state index contributed by atoms with van der Waals surface area (Å²) in [6.07, 6.45) is 0.604. The molecular formula is C12H21N3O3S. The van der Waals surface area contributed by atoms with Crippen molar-refractivity contribution in [2.75, 3.05) is 31.0 Å². The Bertz CT molecular complexity index is 505. The van der Waals surface area contributed by atoms with Crippen molar-refractivity contribution in [3.8, 4) is 5.75 Å². The first kappa shape index (κ1) is 15.7. The third-order valence-corrected chi connectivity index (χ3v) is 4.75. The highest BCUT2D eigenvalue weighted by atomic mass is 32.2. The normalized spacial score (nSPS) is 11.8. The first-order valence-electron chi connectivity index (χ1n) is 6.16. The van der Waals surface area contributed by atoms with Crippen LogP contribution in [0.1, 0.15) is 13.3 Å². The highest BCUT2D eigenvalue weighted by Crippen LogP contribution is 2.23. The van der Waals surface area contributed by atoms with Crippen molar-refractivity contribution in [3.63, 3.8) is 0 Å². The third-order valence-electron chi connectivity index (χ3n) is 2.75. The van der Waals surface area contributed by atoms with Crippen LogP contribution in [0.4, 0.5) is 5.69 Å². The van der Waals surface area contributed by atoms with Crippen molar-refractivity contribution in [2.45, 2.75) is 13.3 Å². The molecule has 0 aliphatic heterocycles. The molecule has 6 nitrogen and oxygen atoms in total. The van der Waals surface area contributed by atoms with Gasteiger partial charge in [0.2, 0.25) is 0 Å². The number of anilines is 1. The zero-order chi connectivity index (χ0) is 14.5. The Kier molecular flexibility index (Phi) is 5.59. The minimum atomic E-state index is -3.59. The molecule has 0 aliphatic carbocycles. The summed E-state index contributed by atoms with van der Waals surface area (Å²) in [5.74, 6) is 0.0377. The lowest BCUT2D eigenvalue weighted by molar-refractivity contribution is 0.460. The Morgan fingerprint density at radius 3 is 2.58 bits per heavy atom. The Morgan fingerprint density at radius 2 is 2.05 bits per heavy atom. The molecule has 1 aromatic carbocycles. The van der Waals surface area contributed by atoms with Gasteiger partial charge in [-0.25, -0.2) is 0 Å². The zero-order valence-electron chi connectivity index (χ0n) is 11.3. The van der Waals surface area contributed by atoms with Crippen molar-refractivity contribution in [3.05, 3.63) is 24.3 Å². The number of benzene rings is 1. The van der Waals surface area contributed by atoms with E-state index < -0.39 is 10.2 Å². The van der Waals surface area contributed by atoms with E-state index in [-0.39, 0.29) is 5.75 Å². The van der Waals surface area contributed by atoms with Gasteiger partial charge in [-0.15, -0.1) is 0 Å². The zero-order valence-corrected chi connectivity index (χ0v) is 12.1. The quantitative estimate of drug-likeness (QED) is 0.774. The molecule has 1 rings (SSSR count). The van der Waals surface area contributed by atoms with Crippen LogP contribution in [-0.2, 0) is 10.2 Å². The number of hydrogen-bond acceptors (Lipinski definition) is 4. The van der Waals surface area contributed by atoms with Gasteiger partial charge < -0.3 is 10.8 Å². The topological polar surface area (TPSA) is 86.9 Å². The minimum Gasteiger partial charge on any atom is -0.508 e. The molecule has 0 saturated carbocycles. The number of phenolic OH excluding ortho intramolecular Hbond substituents is 1. The molecule has 1 aromatic rings. The van der Waals surface area contributed by atoms with Crippen molar-refractivity contribution in [1.29, 1.82) is 0 Å². The van der Waals surface area contributed by atoms with Gasteiger partial charge in [0, 0.05) is 26.2 Å². The Labute approximate surface area is 114 Å². The fraction of sp³-hybridized carbons (Fsp3) is 0.500. The van der Waals surface area contributed by atoms with Gasteiger partial charge in [0.05, 0.1) is 5.69 Å². The van der Waals surface area contributed by atoms with Gasteiger partial charge in [-0.3, -0.25) is 4.31 Å². The average molecular weight is 287 g/mol. The summed E-state index contributed by atoms with van der Waals surface area (Å²) in [4.78, 5) is 0. The number of rotatable bonds is 7. The van der Waals surface area contributed by atoms with Crippen molar-refractivity contribution < 1.29 is 13.5 Å². The van der Waals surface area contributed by atoms with Crippen LogP contribution in [0.5, 0.6) is 5.75 Å². The monoisotopic (exact) mass is 287 g/mol. The number of phenols is 1. The van der Waals surface area contributed by atoms with E-state index in [0.717, 1.165) is 0 Å². The Balaban J connectivity index is 3.01. The molecule has 0 saturated heterocycles. The van der Waals surface area contributed by atoms with E-state index in [1.807, 2.05) is 0 Å². The lowest BCUT2D eigenvalue weighted by Gasteiger charge is -2.28. The molecule has 0 bridgehead atoms. The van der Waals surface area contributed by atoms with E-state index in [2.05, 4.69) is 0 Å². The molecule has 0 heterocycles. The van der Waals surface area contributed by atoms with Gasteiger partial charge in [0.15, 0.2) is 0 Å². The van der Waals surface area contributed by atoms with E-state index in [1.165, 1.54) is 27.8 Å². The molecule has 0 radical (unpaired) electrons. The van der Waals surface area contributed by atoms with Crippen molar-refractivity contribution in [2.24, 2.45) is 5.73 Å². The molecule has 0 atom stereocenters. The maximum atomic E-state index is 12.4. The summed E-state index contributed by atoms with van der Waals surface area (Å²) in [6.45, 7) is 2.85. The van der Waals surface area contributed by atoms with E-state index in [9.17, 15) is 13.5 Å². The van der Waals surface area contributed by atoms with Gasteiger partial charge >= 0.3 is 10.2 Å². The highest BCUT2D eigenvalue weighted by molar-refractivity contribution is 7.90. The van der Waals surface area contributed by atoms with E-state index in [4.69, 9.17) is 5.73 Å². The molecule has 0 unspecified atom stereocenters. The van der Waals surface area contributed by atoms with Crippen LogP contribution >= 0.6 is 0 Å². The van der Waals surface area contributed by atoms with Gasteiger partial charge in [0.25, 0.3) is 0 Å². The molecule has 0 spiro atoms. The maximum Gasteiger partial charge on any atom is 0.303 e. The molecule has 0 aliphatic rings. The van der Waals surface area contributed by atoms with Crippen LogP contribution in [-0.4, -0.2) is 44.5 Å². The summed E-state index contributed by atoms with van der Waals surface area (Å²) >= 11 is 0. The Hall–Kier alpha value is -1.31. The average Bonchev–Trinajstić information content (AvgIpc) is 2.36. The number of aromatic hydroxyl groups is 1. The second kappa shape index (κ2) is 6.74. The van der Waals surface area contributed by atoms with Gasteiger partial charge in [-0.2, -0.15) is 12.7 Å². The summed E-state index contributed by atoms with van der Waals surface area (Å²) in [5.41, 5.74) is 5.84. The van der Waals surface area contributed by atoms with Gasteiger partial charge in [-0.1, -0.05) is 6.07 Å². The SMILES string of the molecule is CCN(c1cccc(O)c1)S(=O)(=O)N(C)CCCN. The minimum absolute atomic E-state index is 0.0377. The second-order valence-corrected chi connectivity index (χ2v) is 6.12. The summed E-state index contributed by atoms with van der Waals surface area (Å²) in [6, 6.07) is 6.19. The highest BCUT2D eigenvalue weighted by Gasteiger charge is 2.25. The number of hydrogen-bond donors (Lipinski definition) is 2. The third kappa shape index (κ3) is 3.82. The molecule has 0 fully saturated rings. The molecule has 7 heteroatoms. The molecular weight excluding hydrogens is 266 g/mol. The standard InChI is InChI=1S/C12H21N3O3S/c1-3-15(11-6-4-7-12(16)10-11)19(17,18)14(2)9-5-8-13/h4,6-7,10,16H,3,5,8-9,13H2,1-2H3. The maximum absolute atomic E-state index is 12.4. The Morgan fingerprint density at radius 1 is 1.37 bits per heavy atom. The molecule has 19 heavy (non-hydrogen) atoms.